The average Bonchev–Trinajstić information content (AvgIpc) is 2.37. The Balaban J connectivity index is 0.00000220. The van der Waals surface area contributed by atoms with Crippen LogP contribution in [0.15, 0.2) is 0 Å². The molecule has 7 heteroatoms. The van der Waals surface area contributed by atoms with Crippen molar-refractivity contribution in [1.29, 1.82) is 0 Å². The van der Waals surface area contributed by atoms with Gasteiger partial charge in [0.1, 0.15) is 0 Å². The maximum absolute atomic E-state index is 12.4. The van der Waals surface area contributed by atoms with Gasteiger partial charge in [-0.2, -0.15) is 12.7 Å². The Labute approximate surface area is 135 Å². The highest BCUT2D eigenvalue weighted by Crippen LogP contribution is 2.29. The molecule has 5 nitrogen and oxygen atoms in total. The molecule has 0 bridgehead atoms. The molecule has 2 aliphatic rings. The highest BCUT2D eigenvalue weighted by molar-refractivity contribution is 7.87. The van der Waals surface area contributed by atoms with Gasteiger partial charge < -0.3 is 5.32 Å². The largest absolute Gasteiger partial charge is 0.312 e. The molecule has 0 radical (unpaired) electrons. The Hall–Kier alpha value is 0.120. The summed E-state index contributed by atoms with van der Waals surface area (Å²) in [6, 6.07) is 0.216. The Morgan fingerprint density at radius 1 is 1.33 bits per heavy atom. The van der Waals surface area contributed by atoms with Crippen LogP contribution in [0.3, 0.4) is 0 Å². The summed E-state index contributed by atoms with van der Waals surface area (Å²) >= 11 is 0. The minimum absolute atomic E-state index is 0. The van der Waals surface area contributed by atoms with E-state index in [2.05, 4.69) is 30.8 Å². The van der Waals surface area contributed by atoms with Crippen LogP contribution in [-0.4, -0.2) is 44.9 Å². The maximum Gasteiger partial charge on any atom is 0.279 e. The third-order valence-electron chi connectivity index (χ3n) is 4.76. The van der Waals surface area contributed by atoms with Crippen molar-refractivity contribution >= 4 is 22.6 Å². The van der Waals surface area contributed by atoms with Gasteiger partial charge in [-0.1, -0.05) is 20.8 Å². The van der Waals surface area contributed by atoms with E-state index < -0.39 is 10.2 Å². The van der Waals surface area contributed by atoms with E-state index in [4.69, 9.17) is 0 Å². The molecule has 2 aliphatic heterocycles. The molecule has 0 aliphatic carbocycles. The van der Waals surface area contributed by atoms with E-state index in [-0.39, 0.29) is 23.9 Å². The van der Waals surface area contributed by atoms with Crippen LogP contribution in [0.1, 0.15) is 46.5 Å². The van der Waals surface area contributed by atoms with E-state index >= 15 is 0 Å². The number of halogens is 1. The average molecular weight is 340 g/mol. The molecular formula is C14H30ClN3O2S. The first-order chi connectivity index (χ1) is 9.31. The number of hydrogen-bond donors (Lipinski definition) is 2. The zero-order valence-electron chi connectivity index (χ0n) is 13.4. The lowest BCUT2D eigenvalue weighted by atomic mass is 9.78. The van der Waals surface area contributed by atoms with Crippen molar-refractivity contribution in [2.24, 2.45) is 11.3 Å². The lowest BCUT2D eigenvalue weighted by molar-refractivity contribution is 0.180. The number of nitrogens with zero attached hydrogens (tertiary/aromatic N) is 1. The van der Waals surface area contributed by atoms with Crippen LogP contribution in [0.2, 0.25) is 0 Å². The molecular weight excluding hydrogens is 310 g/mol. The fraction of sp³-hybridized carbons (Fsp3) is 1.00. The minimum Gasteiger partial charge on any atom is -0.312 e. The second-order valence-electron chi connectivity index (χ2n) is 7.06. The van der Waals surface area contributed by atoms with E-state index in [9.17, 15) is 8.42 Å². The van der Waals surface area contributed by atoms with Gasteiger partial charge >= 0.3 is 0 Å². The smallest absolute Gasteiger partial charge is 0.279 e. The summed E-state index contributed by atoms with van der Waals surface area (Å²) in [4.78, 5) is 0. The zero-order valence-corrected chi connectivity index (χ0v) is 15.0. The summed E-state index contributed by atoms with van der Waals surface area (Å²) in [7, 11) is -3.32. The molecule has 2 rings (SSSR count). The molecule has 0 saturated carbocycles. The molecule has 2 fully saturated rings. The quantitative estimate of drug-likeness (QED) is 0.820. The number of nitrogens with one attached hydrogen (secondary N) is 2. The molecule has 2 unspecified atom stereocenters. The predicted octanol–water partition coefficient (Wildman–Crippen LogP) is 1.75. The zero-order chi connectivity index (χ0) is 14.8. The Morgan fingerprint density at radius 3 is 2.67 bits per heavy atom. The first-order valence-electron chi connectivity index (χ1n) is 7.79. The van der Waals surface area contributed by atoms with Crippen molar-refractivity contribution in [1.82, 2.24) is 14.3 Å². The van der Waals surface area contributed by atoms with Gasteiger partial charge in [0.25, 0.3) is 10.2 Å². The molecule has 21 heavy (non-hydrogen) atoms. The molecule has 2 atom stereocenters. The predicted molar refractivity (Wildman–Crippen MR) is 88.9 cm³/mol. The van der Waals surface area contributed by atoms with Crippen LogP contribution in [0.5, 0.6) is 0 Å². The highest BCUT2D eigenvalue weighted by atomic mass is 35.5. The van der Waals surface area contributed by atoms with Crippen LogP contribution in [0.25, 0.3) is 0 Å². The standard InChI is InChI=1S/C14H29N3O2S.ClH/c1-12-6-4-9-17(11-12)20(18,19)16-10-13-14(2,3)7-5-8-15-13;/h12-13,15-16H,4-11H2,1-3H3;1H. The summed E-state index contributed by atoms with van der Waals surface area (Å²) < 4.78 is 29.2. The summed E-state index contributed by atoms with van der Waals surface area (Å²) in [5, 5.41) is 3.45. The lowest BCUT2D eigenvalue weighted by Gasteiger charge is -2.40. The first-order valence-corrected chi connectivity index (χ1v) is 9.23. The van der Waals surface area contributed by atoms with Gasteiger partial charge in [0.2, 0.25) is 0 Å². The third-order valence-corrected chi connectivity index (χ3v) is 6.30. The summed E-state index contributed by atoms with van der Waals surface area (Å²) in [5.41, 5.74) is 0.149. The summed E-state index contributed by atoms with van der Waals surface area (Å²) in [6.07, 6.45) is 4.41. The Bertz CT molecular complexity index is 428. The fourth-order valence-corrected chi connectivity index (χ4v) is 4.64. The molecule has 2 heterocycles. The second-order valence-corrected chi connectivity index (χ2v) is 8.81. The van der Waals surface area contributed by atoms with Gasteiger partial charge in [-0.05, 0) is 43.6 Å². The normalized spacial score (nSPS) is 30.6. The van der Waals surface area contributed by atoms with Crippen LogP contribution in [-0.2, 0) is 10.2 Å². The third kappa shape index (κ3) is 5.06. The molecule has 0 aromatic heterocycles. The van der Waals surface area contributed by atoms with Gasteiger partial charge in [-0.25, -0.2) is 4.72 Å². The Kier molecular flexibility index (Phi) is 6.93. The monoisotopic (exact) mass is 339 g/mol. The van der Waals surface area contributed by atoms with Gasteiger partial charge in [0.15, 0.2) is 0 Å². The van der Waals surface area contributed by atoms with Gasteiger partial charge in [-0.15, -0.1) is 12.4 Å². The fourth-order valence-electron chi connectivity index (χ4n) is 3.26. The van der Waals surface area contributed by atoms with Crippen molar-refractivity contribution in [3.8, 4) is 0 Å². The second kappa shape index (κ2) is 7.59. The van der Waals surface area contributed by atoms with Gasteiger partial charge in [0, 0.05) is 25.7 Å². The highest BCUT2D eigenvalue weighted by Gasteiger charge is 2.34. The van der Waals surface area contributed by atoms with E-state index in [0.29, 0.717) is 25.6 Å². The number of rotatable bonds is 4. The van der Waals surface area contributed by atoms with Crippen LogP contribution >= 0.6 is 12.4 Å². The van der Waals surface area contributed by atoms with Crippen molar-refractivity contribution < 1.29 is 8.42 Å². The summed E-state index contributed by atoms with van der Waals surface area (Å²) in [5.74, 6) is 0.463. The Morgan fingerprint density at radius 2 is 2.05 bits per heavy atom. The maximum atomic E-state index is 12.4. The molecule has 126 valence electrons. The topological polar surface area (TPSA) is 61.4 Å². The van der Waals surface area contributed by atoms with Crippen LogP contribution < -0.4 is 10.0 Å². The SMILES string of the molecule is CC1CCCN(S(=O)(=O)NCC2NCCCC2(C)C)C1.Cl. The van der Waals surface area contributed by atoms with E-state index in [1.807, 2.05) is 0 Å². The molecule has 2 N–H and O–H groups in total. The van der Waals surface area contributed by atoms with E-state index in [1.54, 1.807) is 4.31 Å². The molecule has 2 saturated heterocycles. The van der Waals surface area contributed by atoms with Crippen molar-refractivity contribution in [2.75, 3.05) is 26.2 Å². The van der Waals surface area contributed by atoms with E-state index in [1.165, 1.54) is 6.42 Å². The molecule has 0 amide bonds. The summed E-state index contributed by atoms with van der Waals surface area (Å²) in [6.45, 7) is 9.31. The lowest BCUT2D eigenvalue weighted by Crippen LogP contribution is -2.55. The minimum atomic E-state index is -3.32. The first kappa shape index (κ1) is 19.2. The van der Waals surface area contributed by atoms with Gasteiger partial charge in [0.05, 0.1) is 0 Å². The van der Waals surface area contributed by atoms with Crippen LogP contribution in [0.4, 0.5) is 0 Å². The number of hydrogen-bond acceptors (Lipinski definition) is 3. The van der Waals surface area contributed by atoms with Gasteiger partial charge in [-0.3, -0.25) is 0 Å². The molecule has 0 spiro atoms. The molecule has 0 aromatic carbocycles. The van der Waals surface area contributed by atoms with Crippen molar-refractivity contribution in [2.45, 2.75) is 52.5 Å². The van der Waals surface area contributed by atoms with Crippen LogP contribution in [0, 0.1) is 11.3 Å². The van der Waals surface area contributed by atoms with E-state index in [0.717, 1.165) is 25.8 Å². The van der Waals surface area contributed by atoms with Crippen molar-refractivity contribution in [3.05, 3.63) is 0 Å². The molecule has 0 aromatic rings. The van der Waals surface area contributed by atoms with Crippen molar-refractivity contribution in [3.63, 3.8) is 0 Å². The number of piperidine rings is 2.